The fourth-order valence-corrected chi connectivity index (χ4v) is 14.1. The third-order valence-corrected chi connectivity index (χ3v) is 21.1. The predicted molar refractivity (Wildman–Crippen MR) is 444 cm³/mol. The van der Waals surface area contributed by atoms with E-state index in [0.717, 1.165) is 4.90 Å². The Hall–Kier alpha value is -10.3. The lowest BCUT2D eigenvalue weighted by molar-refractivity contribution is -0.144. The number of hydrogen-bond acceptors (Lipinski definition) is 21. The van der Waals surface area contributed by atoms with Gasteiger partial charge >= 0.3 is 5.97 Å². The number of nitrogens with zero attached hydrogens (tertiary/aromatic N) is 1. The van der Waals surface area contributed by atoms with Gasteiger partial charge in [-0.05, 0) is 153 Å². The minimum Gasteiger partial charge on any atom is -0.481 e. The first-order valence-electron chi connectivity index (χ1n) is 41.8. The molecule has 0 aliphatic carbocycles. The first kappa shape index (κ1) is 104. The van der Waals surface area contributed by atoms with Crippen molar-refractivity contribution < 1.29 is 96.5 Å². The summed E-state index contributed by atoms with van der Waals surface area (Å²) in [5, 5.41) is 53.0. The lowest BCUT2D eigenvalue weighted by atomic mass is 9.77. The zero-order chi connectivity index (χ0) is 90.5. The van der Waals surface area contributed by atoms with Gasteiger partial charge in [-0.15, -0.1) is 0 Å². The summed E-state index contributed by atoms with van der Waals surface area (Å²) in [4.78, 5) is 251. The molecule has 37 heteroatoms. The van der Waals surface area contributed by atoms with Crippen LogP contribution in [0, 0.1) is 29.1 Å². The number of allylic oxidation sites excluding steroid dienone is 2. The molecule has 2 aliphatic heterocycles. The fraction of sp³-hybridized carbons (Fsp3) is 0.687. The van der Waals surface area contributed by atoms with Crippen molar-refractivity contribution in [2.24, 2.45) is 52.0 Å². The molecular weight excluding hydrogens is 1560 g/mol. The van der Waals surface area contributed by atoms with Gasteiger partial charge in [0, 0.05) is 25.8 Å². The zero-order valence-corrected chi connectivity index (χ0v) is 72.0. The Labute approximate surface area is 703 Å². The summed E-state index contributed by atoms with van der Waals surface area (Å²) in [5.74, 6) is -17.8. The molecule has 15 atom stereocenters. The second-order valence-electron chi connectivity index (χ2n) is 33.8. The number of likely N-dealkylation sites (tertiary alicyclic amines) is 1. The van der Waals surface area contributed by atoms with Crippen molar-refractivity contribution in [3.8, 4) is 0 Å². The molecule has 1 aromatic rings. The van der Waals surface area contributed by atoms with E-state index in [1.54, 1.807) is 71.9 Å². The number of carbonyl (C=O) groups excluding carboxylic acids is 17. The summed E-state index contributed by atoms with van der Waals surface area (Å²) in [6.07, 6.45) is 3.30. The monoisotopic (exact) mass is 1690 g/mol. The number of amides is 15. The number of ketones is 2. The summed E-state index contributed by atoms with van der Waals surface area (Å²) >= 11 is 0. The predicted octanol–water partition coefficient (Wildman–Crippen LogP) is -0.429. The van der Waals surface area contributed by atoms with Gasteiger partial charge in [-0.2, -0.15) is 0 Å². The lowest BCUT2D eigenvalue weighted by Gasteiger charge is -2.34. The molecule has 3 rings (SSSR count). The Balaban J connectivity index is 2.20. The number of carboxylic acid groups (broad SMARTS) is 1. The van der Waals surface area contributed by atoms with E-state index in [-0.39, 0.29) is 102 Å². The molecule has 0 radical (unpaired) electrons. The molecule has 0 unspecified atom stereocenters. The van der Waals surface area contributed by atoms with Gasteiger partial charge in [0.2, 0.25) is 88.6 Å². The van der Waals surface area contributed by atoms with Gasteiger partial charge in [0.15, 0.2) is 5.78 Å². The Bertz CT molecular complexity index is 3730. The van der Waals surface area contributed by atoms with Crippen molar-refractivity contribution in [3.63, 3.8) is 0 Å². The maximum atomic E-state index is 15.4. The van der Waals surface area contributed by atoms with Crippen LogP contribution in [0.2, 0.25) is 0 Å². The number of aliphatic hydroxyl groups is 1. The van der Waals surface area contributed by atoms with Crippen LogP contribution in [0.25, 0.3) is 0 Å². The van der Waals surface area contributed by atoms with Crippen LogP contribution in [-0.4, -0.2) is 225 Å². The van der Waals surface area contributed by atoms with Crippen LogP contribution in [-0.2, 0) is 92.7 Å². The van der Waals surface area contributed by atoms with Crippen LogP contribution in [0.5, 0.6) is 0 Å². The van der Waals surface area contributed by atoms with Crippen molar-refractivity contribution in [1.82, 2.24) is 68.7 Å². The van der Waals surface area contributed by atoms with Crippen LogP contribution in [0.15, 0.2) is 42.5 Å². The molecule has 22 N–H and O–H groups in total. The van der Waals surface area contributed by atoms with E-state index in [0.29, 0.717) is 56.9 Å². The largest absolute Gasteiger partial charge is 0.481 e. The van der Waals surface area contributed by atoms with Crippen molar-refractivity contribution in [2.75, 3.05) is 19.6 Å². The molecule has 37 nitrogen and oxygen atoms in total. The topological polar surface area (TPSA) is 599 Å². The number of unbranched alkanes of at least 4 members (excludes halogenated alkanes) is 1. The lowest BCUT2D eigenvalue weighted by Crippen LogP contribution is -2.63. The van der Waals surface area contributed by atoms with Crippen LogP contribution in [0.3, 0.4) is 0 Å². The van der Waals surface area contributed by atoms with E-state index in [2.05, 4.69) is 63.8 Å². The van der Waals surface area contributed by atoms with E-state index in [1.807, 2.05) is 12.2 Å². The summed E-state index contributed by atoms with van der Waals surface area (Å²) < 4.78 is 0. The van der Waals surface area contributed by atoms with Gasteiger partial charge < -0.3 is 96.5 Å². The number of aliphatic hydroxyl groups excluding tert-OH is 1. The third kappa shape index (κ3) is 35.9. The van der Waals surface area contributed by atoms with Crippen molar-refractivity contribution >= 4 is 106 Å². The van der Waals surface area contributed by atoms with Gasteiger partial charge in [0.25, 0.3) is 0 Å². The number of rotatable bonds is 36. The molecule has 672 valence electrons. The highest BCUT2D eigenvalue weighted by molar-refractivity contribution is 6.02. The summed E-state index contributed by atoms with van der Waals surface area (Å²) in [6, 6.07) is -8.72. The molecular formula is C83H135N17O20. The number of nitrogens with two attached hydrogens (primary N) is 4. The van der Waals surface area contributed by atoms with Gasteiger partial charge in [0.1, 0.15) is 77.8 Å². The summed E-state index contributed by atoms with van der Waals surface area (Å²) in [6.45, 7) is 20.0. The molecule has 0 aromatic heterocycles. The van der Waals surface area contributed by atoms with E-state index in [1.165, 1.54) is 48.5 Å². The maximum absolute atomic E-state index is 15.4. The highest BCUT2D eigenvalue weighted by Gasteiger charge is 2.46. The Kier molecular flexibility index (Phi) is 44.5. The molecule has 1 aromatic carbocycles. The first-order valence-corrected chi connectivity index (χ1v) is 41.8. The van der Waals surface area contributed by atoms with Crippen molar-refractivity contribution in [1.29, 1.82) is 0 Å². The molecule has 1 saturated heterocycles. The van der Waals surface area contributed by atoms with Crippen molar-refractivity contribution in [3.05, 3.63) is 48.0 Å². The third-order valence-electron chi connectivity index (χ3n) is 21.1. The number of benzene rings is 1. The number of nitrogens with one attached hydrogen (secondary N) is 12. The van der Waals surface area contributed by atoms with Crippen LogP contribution in [0.4, 0.5) is 0 Å². The Morgan fingerprint density at radius 1 is 0.600 bits per heavy atom. The van der Waals surface area contributed by atoms with Gasteiger partial charge in [-0.1, -0.05) is 124 Å². The number of aliphatic carboxylic acids is 1. The molecule has 0 saturated carbocycles. The zero-order valence-electron chi connectivity index (χ0n) is 72.0. The molecule has 15 amide bonds. The van der Waals surface area contributed by atoms with Gasteiger partial charge in [0.05, 0.1) is 36.9 Å². The second-order valence-corrected chi connectivity index (χ2v) is 33.8. The number of primary amides is 3. The summed E-state index contributed by atoms with van der Waals surface area (Å²) in [5.41, 5.74) is 19.6. The van der Waals surface area contributed by atoms with Crippen molar-refractivity contribution in [2.45, 2.75) is 315 Å². The molecule has 2 heterocycles. The second kappa shape index (κ2) is 51.3. The molecule has 0 spiro atoms. The maximum Gasteiger partial charge on any atom is 0.305 e. The summed E-state index contributed by atoms with van der Waals surface area (Å²) in [7, 11) is 0. The standard InChI is InChI=1S/C83H135N17O20/c1-46(2)39-57-73(112)90-55(31-24-27-37-84)71(110)96-66(48(5)6)77(116)89-51(10)70(109)99-83(13,81(120)94-54(69(87)108)33-34-63(85)104)36-26-20-18-16-14-15-17-19-25-35-82(12,80(119)95-58(40-47(3)4)74(113)92-59(75(114)91-57)41-53-29-22-21-23-30-53)44-62(103)68(52(11)102)98-76(115)61-32-28-38-100(61)79(118)60(42-64(86)105)93-78(117)67(49(7)8)97-72(111)56(43-65(106)107)88-45-50(9)101/h16,18,21-23,29-30,46-49,51-52,54-61,66-68,88,102H,14-15,17,19-20,24-28,31-45,84H2,1-13H3,(H2,85,104)(H2,86,105)(H2,87,108)(H,89,116)(H,90,112)(H,91,114)(H,92,113)(H,93,117)(H,94,120)(H,95,119)(H,96,110)(H,97,111)(H,98,115)(H,99,109)(H,106,107)/t51-,52+,54-,55-,56-,57-,58-,59-,60-,61-,66-,67-,68-,82-,83-/m0/s1. The number of carboxylic acids is 1. The Morgan fingerprint density at radius 2 is 1.18 bits per heavy atom. The average molecular weight is 1690 g/mol. The highest BCUT2D eigenvalue weighted by Crippen LogP contribution is 2.32. The van der Waals surface area contributed by atoms with E-state index in [4.69, 9.17) is 22.9 Å². The van der Waals surface area contributed by atoms with E-state index >= 15 is 19.2 Å². The molecule has 2 aliphatic rings. The average Bonchev–Trinajstić information content (AvgIpc) is 1.65. The number of carbonyl (C=O) groups is 18. The van der Waals surface area contributed by atoms with E-state index in [9.17, 15) is 77.3 Å². The Morgan fingerprint density at radius 3 is 1.74 bits per heavy atom. The molecule has 120 heavy (non-hydrogen) atoms. The first-order chi connectivity index (χ1) is 56.2. The minimum absolute atomic E-state index is 0.00811. The molecule has 1 fully saturated rings. The van der Waals surface area contributed by atoms with Crippen LogP contribution < -0.4 is 86.7 Å². The normalized spacial score (nSPS) is 23.6. The minimum atomic E-state index is -1.77. The van der Waals surface area contributed by atoms with Gasteiger partial charge in [-0.3, -0.25) is 91.6 Å². The SMILES string of the molecule is CC(=O)CN[C@@H](CC(=O)O)C(=O)N[C@H](C(=O)N[C@@H](CC(N)=O)C(=O)N1CCC[C@H]1C(=O)N[C@H](C(=O)C[C@]1(C)CCCCCCC=CCCC[C@@](C)(C(=O)N[C@@H](CCC(N)=O)C(N)=O)NC(=O)[C@H](C)NC(=O)[C@H](C(C)C)NC(=O)[C@H](CCCCN)NC(=O)[C@H](CC(C)C)NC(=O)[C@H](Cc2ccccc2)NC(=O)[C@H](CC(C)C)NC1=O)[C@@H](C)O)C(C)C. The van der Waals surface area contributed by atoms with Crippen LogP contribution >= 0.6 is 0 Å². The van der Waals surface area contributed by atoms with Gasteiger partial charge in [-0.25, -0.2) is 0 Å². The smallest absolute Gasteiger partial charge is 0.305 e. The van der Waals surface area contributed by atoms with E-state index < -0.39 is 227 Å². The highest BCUT2D eigenvalue weighted by atomic mass is 16.4. The fourth-order valence-electron chi connectivity index (χ4n) is 14.1. The number of hydrogen-bond donors (Lipinski definition) is 18. The van der Waals surface area contributed by atoms with Crippen LogP contribution in [0.1, 0.15) is 230 Å². The number of Topliss-reactive ketones (excluding diaryl/α,β-unsaturated/α-hetero) is 2. The molecule has 0 bridgehead atoms. The quantitative estimate of drug-likeness (QED) is 0.0299.